The first-order valence-electron chi connectivity index (χ1n) is 10.3. The molecular weight excluding hydrogens is 368 g/mol. The maximum Gasteiger partial charge on any atom is 0.250 e. The Morgan fingerprint density at radius 1 is 1.28 bits per heavy atom. The van der Waals surface area contributed by atoms with E-state index in [1.54, 1.807) is 12.1 Å². The molecule has 0 radical (unpaired) electrons. The SMILES string of the molecule is NC(=O)c1ccc(Oc2ccc3c(c2)CCCC3NCCN2CCOCC2)nc1. The van der Waals surface area contributed by atoms with Gasteiger partial charge in [-0.2, -0.15) is 0 Å². The van der Waals surface area contributed by atoms with Gasteiger partial charge in [0.1, 0.15) is 5.75 Å². The minimum absolute atomic E-state index is 0.369. The van der Waals surface area contributed by atoms with Crippen molar-refractivity contribution in [3.8, 4) is 11.6 Å². The molecule has 1 aliphatic carbocycles. The van der Waals surface area contributed by atoms with Crippen molar-refractivity contribution in [3.63, 3.8) is 0 Å². The van der Waals surface area contributed by atoms with E-state index in [1.165, 1.54) is 17.3 Å². The zero-order valence-corrected chi connectivity index (χ0v) is 16.6. The molecule has 1 unspecified atom stereocenters. The molecule has 2 heterocycles. The summed E-state index contributed by atoms with van der Waals surface area (Å²) < 4.78 is 11.3. The Bertz CT molecular complexity index is 834. The highest BCUT2D eigenvalue weighted by Gasteiger charge is 2.21. The Morgan fingerprint density at radius 2 is 2.14 bits per heavy atom. The predicted molar refractivity (Wildman–Crippen MR) is 110 cm³/mol. The summed E-state index contributed by atoms with van der Waals surface area (Å²) in [6, 6.07) is 9.93. The van der Waals surface area contributed by atoms with Crippen molar-refractivity contribution in [3.05, 3.63) is 53.2 Å². The van der Waals surface area contributed by atoms with E-state index < -0.39 is 5.91 Å². The molecule has 1 saturated heterocycles. The smallest absolute Gasteiger partial charge is 0.250 e. The third-order valence-electron chi connectivity index (χ3n) is 5.59. The number of benzene rings is 1. The highest BCUT2D eigenvalue weighted by Crippen LogP contribution is 2.33. The number of carbonyl (C=O) groups excluding carboxylic acids is 1. The number of primary amides is 1. The van der Waals surface area contributed by atoms with Crippen LogP contribution in [0.2, 0.25) is 0 Å². The normalized spacial score (nSPS) is 19.5. The Hall–Kier alpha value is -2.48. The first-order valence-corrected chi connectivity index (χ1v) is 10.3. The topological polar surface area (TPSA) is 89.7 Å². The second-order valence-corrected chi connectivity index (χ2v) is 7.56. The van der Waals surface area contributed by atoms with Gasteiger partial charge >= 0.3 is 0 Å². The number of hydrogen-bond acceptors (Lipinski definition) is 6. The lowest BCUT2D eigenvalue weighted by Crippen LogP contribution is -2.41. The van der Waals surface area contributed by atoms with E-state index >= 15 is 0 Å². The number of fused-ring (bicyclic) bond motifs is 1. The van der Waals surface area contributed by atoms with Crippen LogP contribution < -0.4 is 15.8 Å². The van der Waals surface area contributed by atoms with Crippen LogP contribution in [-0.4, -0.2) is 55.2 Å². The quantitative estimate of drug-likeness (QED) is 0.746. The highest BCUT2D eigenvalue weighted by atomic mass is 16.5. The van der Waals surface area contributed by atoms with Gasteiger partial charge in [0.15, 0.2) is 0 Å². The number of morpholine rings is 1. The van der Waals surface area contributed by atoms with Gasteiger partial charge in [0.05, 0.1) is 18.8 Å². The molecule has 1 atom stereocenters. The molecule has 1 amide bonds. The summed E-state index contributed by atoms with van der Waals surface area (Å²) in [5.74, 6) is 0.716. The Morgan fingerprint density at radius 3 is 2.90 bits per heavy atom. The largest absolute Gasteiger partial charge is 0.439 e. The van der Waals surface area contributed by atoms with Gasteiger partial charge in [-0.15, -0.1) is 0 Å². The molecule has 7 heteroatoms. The number of hydrogen-bond donors (Lipinski definition) is 2. The number of amides is 1. The Labute approximate surface area is 171 Å². The number of nitrogens with zero attached hydrogens (tertiary/aromatic N) is 2. The molecule has 7 nitrogen and oxygen atoms in total. The van der Waals surface area contributed by atoms with Crippen LogP contribution in [0.4, 0.5) is 0 Å². The van der Waals surface area contributed by atoms with Crippen LogP contribution in [0.25, 0.3) is 0 Å². The van der Waals surface area contributed by atoms with Gasteiger partial charge in [-0.25, -0.2) is 4.98 Å². The summed E-state index contributed by atoms with van der Waals surface area (Å²) in [7, 11) is 0. The number of ether oxygens (including phenoxy) is 2. The monoisotopic (exact) mass is 396 g/mol. The van der Waals surface area contributed by atoms with E-state index in [2.05, 4.69) is 27.3 Å². The number of aryl methyl sites for hydroxylation is 1. The number of nitrogens with two attached hydrogens (primary N) is 1. The van der Waals surface area contributed by atoms with E-state index in [4.69, 9.17) is 15.2 Å². The molecular formula is C22H28N4O3. The highest BCUT2D eigenvalue weighted by molar-refractivity contribution is 5.92. The van der Waals surface area contributed by atoms with Gasteiger partial charge in [0.25, 0.3) is 0 Å². The lowest BCUT2D eigenvalue weighted by atomic mass is 9.87. The van der Waals surface area contributed by atoms with Crippen molar-refractivity contribution in [2.24, 2.45) is 5.73 Å². The number of carbonyl (C=O) groups is 1. The van der Waals surface area contributed by atoms with Crippen molar-refractivity contribution in [1.29, 1.82) is 0 Å². The Kier molecular flexibility index (Phi) is 6.39. The fourth-order valence-electron chi connectivity index (χ4n) is 4.00. The van der Waals surface area contributed by atoms with Gasteiger partial charge in [-0.05, 0) is 48.6 Å². The summed E-state index contributed by atoms with van der Waals surface area (Å²) in [5.41, 5.74) is 8.31. The van der Waals surface area contributed by atoms with Crippen molar-refractivity contribution in [1.82, 2.24) is 15.2 Å². The molecule has 2 aliphatic rings. The van der Waals surface area contributed by atoms with E-state index in [0.717, 1.165) is 64.4 Å². The summed E-state index contributed by atoms with van der Waals surface area (Å²) in [6.07, 6.45) is 4.82. The number of pyridine rings is 1. The molecule has 0 bridgehead atoms. The van der Waals surface area contributed by atoms with Crippen LogP contribution >= 0.6 is 0 Å². The maximum atomic E-state index is 11.2. The van der Waals surface area contributed by atoms with Crippen LogP contribution in [-0.2, 0) is 11.2 Å². The first-order chi connectivity index (χ1) is 14.2. The van der Waals surface area contributed by atoms with Gasteiger partial charge in [-0.1, -0.05) is 6.07 Å². The third kappa shape index (κ3) is 5.12. The molecule has 29 heavy (non-hydrogen) atoms. The van der Waals surface area contributed by atoms with Crippen molar-refractivity contribution in [2.75, 3.05) is 39.4 Å². The van der Waals surface area contributed by atoms with Gasteiger partial charge < -0.3 is 20.5 Å². The molecule has 0 spiro atoms. The second kappa shape index (κ2) is 9.35. The summed E-state index contributed by atoms with van der Waals surface area (Å²) >= 11 is 0. The van der Waals surface area contributed by atoms with E-state index in [1.807, 2.05) is 6.07 Å². The molecule has 1 aliphatic heterocycles. The van der Waals surface area contributed by atoms with Crippen molar-refractivity contribution in [2.45, 2.75) is 25.3 Å². The summed E-state index contributed by atoms with van der Waals surface area (Å²) in [6.45, 7) is 5.78. The minimum atomic E-state index is -0.495. The van der Waals surface area contributed by atoms with Crippen LogP contribution in [0.15, 0.2) is 36.5 Å². The maximum absolute atomic E-state index is 11.2. The van der Waals surface area contributed by atoms with Crippen LogP contribution in [0.1, 0.15) is 40.4 Å². The fraction of sp³-hybridized carbons (Fsp3) is 0.455. The van der Waals surface area contributed by atoms with Crippen molar-refractivity contribution < 1.29 is 14.3 Å². The molecule has 1 aromatic carbocycles. The van der Waals surface area contributed by atoms with Crippen LogP contribution in [0.5, 0.6) is 11.6 Å². The van der Waals surface area contributed by atoms with E-state index in [-0.39, 0.29) is 0 Å². The standard InChI is InChI=1S/C22H28N4O3/c23-22(27)17-4-7-21(25-15-17)29-18-5-6-19-16(14-18)2-1-3-20(19)24-8-9-26-10-12-28-13-11-26/h4-7,14-15,20,24H,1-3,8-13H2,(H2,23,27). The first kappa shape index (κ1) is 19.8. The lowest BCUT2D eigenvalue weighted by molar-refractivity contribution is 0.0380. The summed E-state index contributed by atoms with van der Waals surface area (Å²) in [4.78, 5) is 17.8. The lowest BCUT2D eigenvalue weighted by Gasteiger charge is -2.30. The molecule has 0 saturated carbocycles. The molecule has 1 fully saturated rings. The van der Waals surface area contributed by atoms with Crippen LogP contribution in [0.3, 0.4) is 0 Å². The van der Waals surface area contributed by atoms with Crippen molar-refractivity contribution >= 4 is 5.91 Å². The van der Waals surface area contributed by atoms with Gasteiger partial charge in [0.2, 0.25) is 11.8 Å². The molecule has 2 aromatic rings. The second-order valence-electron chi connectivity index (χ2n) is 7.56. The number of rotatable bonds is 7. The average molecular weight is 396 g/mol. The minimum Gasteiger partial charge on any atom is -0.439 e. The summed E-state index contributed by atoms with van der Waals surface area (Å²) in [5, 5.41) is 3.73. The Balaban J connectivity index is 1.36. The average Bonchev–Trinajstić information content (AvgIpc) is 2.75. The fourth-order valence-corrected chi connectivity index (χ4v) is 4.00. The van der Waals surface area contributed by atoms with E-state index in [0.29, 0.717) is 17.5 Å². The zero-order valence-electron chi connectivity index (χ0n) is 16.6. The van der Waals surface area contributed by atoms with Gasteiger partial charge in [0, 0.05) is 44.5 Å². The molecule has 154 valence electrons. The third-order valence-corrected chi connectivity index (χ3v) is 5.59. The van der Waals surface area contributed by atoms with Crippen LogP contribution in [0, 0.1) is 0 Å². The molecule has 3 N–H and O–H groups in total. The predicted octanol–water partition coefficient (Wildman–Crippen LogP) is 2.27. The number of aromatic nitrogens is 1. The van der Waals surface area contributed by atoms with E-state index in [9.17, 15) is 4.79 Å². The zero-order chi connectivity index (χ0) is 20.1. The molecule has 4 rings (SSSR count). The molecule has 1 aromatic heterocycles. The van der Waals surface area contributed by atoms with Gasteiger partial charge in [-0.3, -0.25) is 9.69 Å². The number of nitrogens with one attached hydrogen (secondary N) is 1.